The van der Waals surface area contributed by atoms with Gasteiger partial charge in [0.15, 0.2) is 0 Å². The Balaban J connectivity index is 1.30. The number of benzene rings is 1. The van der Waals surface area contributed by atoms with E-state index in [1.54, 1.807) is 27.4 Å². The van der Waals surface area contributed by atoms with Crippen LogP contribution in [0.15, 0.2) is 47.7 Å². The van der Waals surface area contributed by atoms with Crippen molar-refractivity contribution in [3.05, 3.63) is 75.6 Å². The average molecular weight is 600 g/mol. The molecule has 12 heteroatoms. The molecule has 1 atom stereocenters. The normalized spacial score (nSPS) is 24.5. The third-order valence-corrected chi connectivity index (χ3v) is 9.58. The second-order valence-corrected chi connectivity index (χ2v) is 12.5. The maximum atomic E-state index is 15.9. The lowest BCUT2D eigenvalue weighted by atomic mass is 9.85. The van der Waals surface area contributed by atoms with Crippen molar-refractivity contribution in [2.75, 3.05) is 18.4 Å². The molecule has 10 bridgehead atoms. The summed E-state index contributed by atoms with van der Waals surface area (Å²) in [7, 11) is 0. The first-order valence-electron chi connectivity index (χ1n) is 15.4. The second-order valence-electron chi connectivity index (χ2n) is 12.5. The van der Waals surface area contributed by atoms with E-state index in [-0.39, 0.29) is 17.2 Å². The molecule has 3 aromatic heterocycles. The molecule has 1 saturated carbocycles. The predicted molar refractivity (Wildman–Crippen MR) is 160 cm³/mol. The number of pyridine rings is 1. The van der Waals surface area contributed by atoms with Crippen molar-refractivity contribution in [1.29, 1.82) is 5.26 Å². The number of aromatic nitrogens is 6. The van der Waals surface area contributed by atoms with Crippen LogP contribution in [0.5, 0.6) is 0 Å². The molecule has 3 aliphatic heterocycles. The van der Waals surface area contributed by atoms with Crippen molar-refractivity contribution in [2.24, 2.45) is 5.92 Å². The van der Waals surface area contributed by atoms with E-state index in [4.69, 9.17) is 0 Å². The molecule has 1 saturated heterocycles. The molecule has 0 radical (unpaired) electrons. The molecule has 10 nitrogen and oxygen atoms in total. The fourth-order valence-corrected chi connectivity index (χ4v) is 6.70. The number of halogens is 2. The standard InChI is InChI=1S/C32H35F2N9O/c1-21-22-5-4-6-24(15-22)32(33,34)23-7-13-41(14-8-23)17-25-18-42(40-39-25)11-2-3-12-43-29-26(28(38-21)36-20-37-29)16-27(30(43)44)31(19-35)9-10-31/h4-6,15-16,18,20-21,23H,2-3,7-14,17H2,1H3,(H,36,37,38)/t21-/m1/s1. The van der Waals surface area contributed by atoms with Crippen molar-refractivity contribution in [2.45, 2.75) is 82.5 Å². The van der Waals surface area contributed by atoms with Crippen molar-refractivity contribution in [1.82, 2.24) is 34.4 Å². The number of hydrogen-bond acceptors (Lipinski definition) is 8. The molecule has 1 aliphatic carbocycles. The van der Waals surface area contributed by atoms with Crippen LogP contribution < -0.4 is 10.9 Å². The van der Waals surface area contributed by atoms with Crippen LogP contribution in [0.4, 0.5) is 14.6 Å². The minimum Gasteiger partial charge on any atom is -0.363 e. The minimum atomic E-state index is -2.97. The number of nitrogens with one attached hydrogen (secondary N) is 1. The van der Waals surface area contributed by atoms with E-state index < -0.39 is 17.3 Å². The molecule has 2 fully saturated rings. The summed E-state index contributed by atoms with van der Waals surface area (Å²) in [4.78, 5) is 25.0. The van der Waals surface area contributed by atoms with E-state index in [0.29, 0.717) is 92.8 Å². The van der Waals surface area contributed by atoms with E-state index in [1.165, 1.54) is 12.4 Å². The molecule has 228 valence electrons. The molecule has 0 unspecified atom stereocenters. The maximum absolute atomic E-state index is 15.9. The van der Waals surface area contributed by atoms with Gasteiger partial charge in [-0.3, -0.25) is 18.9 Å². The highest BCUT2D eigenvalue weighted by Gasteiger charge is 2.47. The number of piperidine rings is 1. The van der Waals surface area contributed by atoms with Crippen LogP contribution in [0.3, 0.4) is 0 Å². The van der Waals surface area contributed by atoms with E-state index in [9.17, 15) is 10.1 Å². The maximum Gasteiger partial charge on any atom is 0.276 e. The summed E-state index contributed by atoms with van der Waals surface area (Å²) in [5.74, 6) is -3.22. The van der Waals surface area contributed by atoms with Gasteiger partial charge in [0.2, 0.25) is 0 Å². The summed E-state index contributed by atoms with van der Waals surface area (Å²) in [6.45, 7) is 4.70. The lowest BCUT2D eigenvalue weighted by molar-refractivity contribution is -0.0861. The van der Waals surface area contributed by atoms with Crippen molar-refractivity contribution in [3.63, 3.8) is 0 Å². The fourth-order valence-electron chi connectivity index (χ4n) is 6.70. The molecular weight excluding hydrogens is 564 g/mol. The molecule has 4 aliphatic rings. The summed E-state index contributed by atoms with van der Waals surface area (Å²) < 4.78 is 35.3. The summed E-state index contributed by atoms with van der Waals surface area (Å²) in [6, 6.07) is 10.4. The molecule has 0 amide bonds. The van der Waals surface area contributed by atoms with E-state index in [2.05, 4.69) is 36.6 Å². The fraction of sp³-hybridized carbons (Fsp3) is 0.500. The lowest BCUT2D eigenvalue weighted by Crippen LogP contribution is -2.39. The Morgan fingerprint density at radius 3 is 2.64 bits per heavy atom. The van der Waals surface area contributed by atoms with Gasteiger partial charge in [0, 0.05) is 48.9 Å². The highest BCUT2D eigenvalue weighted by Crippen LogP contribution is 2.47. The number of anilines is 1. The molecule has 1 aromatic carbocycles. The van der Waals surface area contributed by atoms with Crippen LogP contribution >= 0.6 is 0 Å². The topological polar surface area (TPSA) is 118 Å². The Kier molecular flexibility index (Phi) is 7.16. The quantitative estimate of drug-likeness (QED) is 0.328. The smallest absolute Gasteiger partial charge is 0.276 e. The summed E-state index contributed by atoms with van der Waals surface area (Å²) >= 11 is 0. The minimum absolute atomic E-state index is 0.0144. The molecule has 0 spiro atoms. The van der Waals surface area contributed by atoms with Gasteiger partial charge in [0.25, 0.3) is 11.5 Å². The number of fused-ring (bicyclic) bond motifs is 6. The van der Waals surface area contributed by atoms with E-state index in [0.717, 1.165) is 12.1 Å². The first kappa shape index (κ1) is 28.5. The zero-order valence-corrected chi connectivity index (χ0v) is 24.7. The summed E-state index contributed by atoms with van der Waals surface area (Å²) in [5, 5.41) is 22.6. The highest BCUT2D eigenvalue weighted by atomic mass is 19.3. The van der Waals surface area contributed by atoms with Crippen LogP contribution in [-0.4, -0.2) is 47.5 Å². The predicted octanol–water partition coefficient (Wildman–Crippen LogP) is 4.91. The Morgan fingerprint density at radius 1 is 1.07 bits per heavy atom. The van der Waals surface area contributed by atoms with Crippen molar-refractivity contribution in [3.8, 4) is 6.07 Å². The number of rotatable bonds is 1. The molecule has 6 heterocycles. The number of hydrogen-bond donors (Lipinski definition) is 1. The third-order valence-electron chi connectivity index (χ3n) is 9.58. The number of nitrogens with zero attached hydrogens (tertiary/aromatic N) is 8. The Morgan fingerprint density at radius 2 is 1.86 bits per heavy atom. The van der Waals surface area contributed by atoms with Gasteiger partial charge < -0.3 is 5.32 Å². The Hall–Kier alpha value is -4.24. The van der Waals surface area contributed by atoms with E-state index >= 15 is 8.78 Å². The van der Waals surface area contributed by atoms with E-state index in [1.807, 2.05) is 19.2 Å². The number of nitriles is 1. The highest BCUT2D eigenvalue weighted by molar-refractivity contribution is 5.87. The molecule has 44 heavy (non-hydrogen) atoms. The Bertz CT molecular complexity index is 1800. The van der Waals surface area contributed by atoms with Gasteiger partial charge in [-0.15, -0.1) is 5.10 Å². The second kappa shape index (κ2) is 11.0. The molecule has 8 rings (SSSR count). The van der Waals surface area contributed by atoms with Crippen LogP contribution in [0.25, 0.3) is 11.0 Å². The van der Waals surface area contributed by atoms with Crippen molar-refractivity contribution >= 4 is 16.9 Å². The Labute approximate surface area is 253 Å². The van der Waals surface area contributed by atoms with Crippen molar-refractivity contribution < 1.29 is 8.78 Å². The first-order valence-corrected chi connectivity index (χ1v) is 15.4. The molecule has 4 aromatic rings. The van der Waals surface area contributed by atoms with Crippen LogP contribution in [0.1, 0.15) is 73.9 Å². The zero-order valence-electron chi connectivity index (χ0n) is 24.7. The van der Waals surface area contributed by atoms with Crippen LogP contribution in [0.2, 0.25) is 0 Å². The molecular formula is C32H35F2N9O. The number of aryl methyl sites for hydroxylation is 2. The van der Waals surface area contributed by atoms with Crippen LogP contribution in [0, 0.1) is 17.2 Å². The lowest BCUT2D eigenvalue weighted by Gasteiger charge is -2.36. The van der Waals surface area contributed by atoms with Gasteiger partial charge in [-0.05, 0) is 76.2 Å². The van der Waals surface area contributed by atoms with Gasteiger partial charge in [-0.25, -0.2) is 18.7 Å². The largest absolute Gasteiger partial charge is 0.363 e. The van der Waals surface area contributed by atoms with Gasteiger partial charge in [0.05, 0.1) is 22.6 Å². The van der Waals surface area contributed by atoms with Gasteiger partial charge in [-0.1, -0.05) is 23.4 Å². The molecule has 1 N–H and O–H groups in total. The van der Waals surface area contributed by atoms with Crippen LogP contribution in [-0.2, 0) is 31.0 Å². The van der Waals surface area contributed by atoms with Gasteiger partial charge >= 0.3 is 0 Å². The monoisotopic (exact) mass is 599 g/mol. The summed E-state index contributed by atoms with van der Waals surface area (Å²) in [6.07, 6.45) is 6.85. The zero-order chi connectivity index (χ0) is 30.5. The average Bonchev–Trinajstić information content (AvgIpc) is 3.71. The SMILES string of the molecule is C[C@H]1Nc2ncnc3c2cc(C2(C#N)CC2)c(=O)n3CCCCn2cc(nn2)CN2CCC(CC2)C(F)(F)c2cccc1c2. The van der Waals surface area contributed by atoms with Gasteiger partial charge in [-0.2, -0.15) is 5.26 Å². The van der Waals surface area contributed by atoms with Gasteiger partial charge in [0.1, 0.15) is 17.8 Å². The number of alkyl halides is 2. The third kappa shape index (κ3) is 5.13. The summed E-state index contributed by atoms with van der Waals surface area (Å²) in [5.41, 5.74) is 1.47. The first-order chi connectivity index (χ1) is 21.3.